The average molecular weight is 524 g/mol. The van der Waals surface area contributed by atoms with E-state index in [9.17, 15) is 13.6 Å². The first kappa shape index (κ1) is 27.9. The van der Waals surface area contributed by atoms with Gasteiger partial charge in [0.25, 0.3) is 0 Å². The van der Waals surface area contributed by atoms with Crippen molar-refractivity contribution in [1.82, 2.24) is 20.2 Å². The predicted octanol–water partition coefficient (Wildman–Crippen LogP) is 4.75. The van der Waals surface area contributed by atoms with Gasteiger partial charge < -0.3 is 26.6 Å². The van der Waals surface area contributed by atoms with E-state index in [4.69, 9.17) is 17.3 Å². The number of amides is 1. The maximum absolute atomic E-state index is 14.3. The molecule has 1 aliphatic heterocycles. The second-order valence-electron chi connectivity index (χ2n) is 9.44. The molecule has 8 nitrogen and oxygen atoms in total. The summed E-state index contributed by atoms with van der Waals surface area (Å²) in [5.74, 6) is -0.534. The third-order valence-electron chi connectivity index (χ3n) is 6.21. The van der Waals surface area contributed by atoms with Crippen LogP contribution < -0.4 is 21.7 Å². The monoisotopic (exact) mass is 523 g/mol. The number of rotatable bonds is 8. The van der Waals surface area contributed by atoms with Crippen molar-refractivity contribution in [2.75, 3.05) is 42.7 Å². The fourth-order valence-electron chi connectivity index (χ4n) is 4.40. The highest BCUT2D eigenvalue weighted by Crippen LogP contribution is 2.30. The Morgan fingerprint density at radius 2 is 2.00 bits per heavy atom. The quantitative estimate of drug-likeness (QED) is 0.370. The van der Waals surface area contributed by atoms with E-state index in [1.165, 1.54) is 12.8 Å². The number of carbonyl (C=O) groups is 1. The van der Waals surface area contributed by atoms with Crippen LogP contribution >= 0.6 is 11.6 Å². The number of halogens is 3. The van der Waals surface area contributed by atoms with Gasteiger partial charge in [-0.3, -0.25) is 4.79 Å². The van der Waals surface area contributed by atoms with Gasteiger partial charge in [0.1, 0.15) is 6.67 Å². The molecular weight excluding hydrogens is 488 g/mol. The Morgan fingerprint density at radius 1 is 1.25 bits per heavy atom. The van der Waals surface area contributed by atoms with Gasteiger partial charge in [-0.05, 0) is 70.8 Å². The van der Waals surface area contributed by atoms with E-state index < -0.39 is 5.82 Å². The molecule has 1 saturated carbocycles. The number of nitrogen functional groups attached to an aromatic ring is 1. The van der Waals surface area contributed by atoms with Gasteiger partial charge in [0, 0.05) is 24.3 Å². The number of nitrogens with zero attached hydrogens (tertiary/aromatic N) is 3. The molecular formula is C25H36ClF2N7O. The van der Waals surface area contributed by atoms with Gasteiger partial charge in [-0.25, -0.2) is 13.8 Å². The number of nitrogens with two attached hydrogens (primary N) is 1. The lowest BCUT2D eigenvalue weighted by Crippen LogP contribution is -2.41. The molecule has 11 heteroatoms. The van der Waals surface area contributed by atoms with Gasteiger partial charge in [-0.2, -0.15) is 4.98 Å². The molecule has 0 unspecified atom stereocenters. The first-order chi connectivity index (χ1) is 17.3. The van der Waals surface area contributed by atoms with Crippen molar-refractivity contribution in [3.05, 3.63) is 35.2 Å². The highest BCUT2D eigenvalue weighted by atomic mass is 35.5. The molecule has 2 aromatic rings. The van der Waals surface area contributed by atoms with E-state index in [0.717, 1.165) is 38.5 Å². The molecule has 0 spiro atoms. The van der Waals surface area contributed by atoms with Crippen molar-refractivity contribution in [1.29, 1.82) is 0 Å². The fourth-order valence-corrected chi connectivity index (χ4v) is 4.58. The minimum absolute atomic E-state index is 0.0191. The molecule has 2 fully saturated rings. The first-order valence-electron chi connectivity index (χ1n) is 12.5. The molecule has 1 saturated heterocycles. The highest BCUT2D eigenvalue weighted by molar-refractivity contribution is 6.33. The smallest absolute Gasteiger partial charge is 0.229 e. The Hall–Kier alpha value is -2.72. The largest absolute Gasteiger partial charge is 0.398 e. The molecule has 1 aromatic carbocycles. The number of nitrogens with one attached hydrogen (secondary N) is 3. The van der Waals surface area contributed by atoms with E-state index in [-0.39, 0.29) is 42.3 Å². The van der Waals surface area contributed by atoms with Crippen LogP contribution in [0.3, 0.4) is 0 Å². The van der Waals surface area contributed by atoms with Gasteiger partial charge in [0.2, 0.25) is 11.9 Å². The number of benzene rings is 1. The third kappa shape index (κ3) is 8.16. The third-order valence-corrected chi connectivity index (χ3v) is 6.53. The van der Waals surface area contributed by atoms with Crippen molar-refractivity contribution in [2.45, 2.75) is 58.0 Å². The lowest BCUT2D eigenvalue weighted by molar-refractivity contribution is -0.125. The normalized spacial score (nSPS) is 19.6. The van der Waals surface area contributed by atoms with E-state index >= 15 is 0 Å². The molecule has 5 N–H and O–H groups in total. The molecule has 2 atom stereocenters. The van der Waals surface area contributed by atoms with Crippen molar-refractivity contribution in [3.63, 3.8) is 0 Å². The van der Waals surface area contributed by atoms with E-state index in [0.29, 0.717) is 22.9 Å². The number of likely N-dealkylation sites (tertiary alicyclic amines) is 1. The maximum atomic E-state index is 14.3. The molecule has 4 rings (SSSR count). The SMILES string of the molecule is CC(C)NC(=O)[C@H]1CCC[C@H]1Nc1nc(Nc2ccc(N)c(Cl)c2)ncc1F.FCCN1CCCC1. The van der Waals surface area contributed by atoms with Crippen molar-refractivity contribution in [2.24, 2.45) is 5.92 Å². The number of carbonyl (C=O) groups excluding carboxylic acids is 1. The Labute approximate surface area is 216 Å². The number of anilines is 4. The zero-order valence-electron chi connectivity index (χ0n) is 20.9. The van der Waals surface area contributed by atoms with Crippen molar-refractivity contribution < 1.29 is 13.6 Å². The van der Waals surface area contributed by atoms with Crippen LogP contribution in [0.5, 0.6) is 0 Å². The van der Waals surface area contributed by atoms with Gasteiger partial charge in [0.15, 0.2) is 11.6 Å². The van der Waals surface area contributed by atoms with Gasteiger partial charge in [-0.15, -0.1) is 0 Å². The average Bonchev–Trinajstić information content (AvgIpc) is 3.51. The second kappa shape index (κ2) is 13.5. The van der Waals surface area contributed by atoms with Crippen LogP contribution in [-0.2, 0) is 4.79 Å². The van der Waals surface area contributed by atoms with Gasteiger partial charge in [0.05, 0.1) is 22.8 Å². The lowest BCUT2D eigenvalue weighted by Gasteiger charge is -2.22. The van der Waals surface area contributed by atoms with E-state index in [1.54, 1.807) is 18.2 Å². The van der Waals surface area contributed by atoms with Crippen LogP contribution in [0.4, 0.5) is 31.9 Å². The molecule has 0 radical (unpaired) electrons. The summed E-state index contributed by atoms with van der Waals surface area (Å²) >= 11 is 6.02. The van der Waals surface area contributed by atoms with Crippen molar-refractivity contribution in [3.8, 4) is 0 Å². The molecule has 1 aromatic heterocycles. The molecule has 2 aliphatic rings. The first-order valence-corrected chi connectivity index (χ1v) is 12.8. The van der Waals surface area contributed by atoms with Crippen LogP contribution in [0.2, 0.25) is 5.02 Å². The van der Waals surface area contributed by atoms with Crippen LogP contribution in [0, 0.1) is 11.7 Å². The molecule has 2 heterocycles. The maximum Gasteiger partial charge on any atom is 0.229 e. The standard InChI is InChI=1S/C19H24ClFN6O.C6H12FN/c1-10(2)24-18(28)12-4-3-5-16(12)26-17-14(21)9-23-19(27-17)25-11-6-7-15(22)13(20)8-11;7-3-6-8-4-1-2-5-8/h6-10,12,16H,3-5,22H2,1-2H3,(H,24,28)(H2,23,25,26,27);1-6H2/t12-,16+;/m0./s1. The Morgan fingerprint density at radius 3 is 2.67 bits per heavy atom. The van der Waals surface area contributed by atoms with Crippen LogP contribution in [-0.4, -0.2) is 59.2 Å². The van der Waals surface area contributed by atoms with E-state index in [2.05, 4.69) is 30.8 Å². The number of hydrogen-bond donors (Lipinski definition) is 4. The number of alkyl halides is 1. The van der Waals surface area contributed by atoms with Gasteiger partial charge >= 0.3 is 0 Å². The Balaban J connectivity index is 0.000000383. The van der Waals surface area contributed by atoms with Crippen molar-refractivity contribution >= 4 is 40.6 Å². The summed E-state index contributed by atoms with van der Waals surface area (Å²) in [6.07, 6.45) is 6.05. The summed E-state index contributed by atoms with van der Waals surface area (Å²) in [5, 5.41) is 9.39. The molecule has 1 amide bonds. The summed E-state index contributed by atoms with van der Waals surface area (Å²) in [6, 6.07) is 4.91. The minimum Gasteiger partial charge on any atom is -0.398 e. The lowest BCUT2D eigenvalue weighted by atomic mass is 10.0. The summed E-state index contributed by atoms with van der Waals surface area (Å²) in [5.41, 5.74) is 6.79. The Bertz CT molecular complexity index is 1000. The molecule has 198 valence electrons. The Kier molecular flexibility index (Phi) is 10.5. The predicted molar refractivity (Wildman–Crippen MR) is 141 cm³/mol. The highest BCUT2D eigenvalue weighted by Gasteiger charge is 2.34. The zero-order chi connectivity index (χ0) is 26.1. The second-order valence-corrected chi connectivity index (χ2v) is 9.85. The number of hydrogen-bond acceptors (Lipinski definition) is 7. The van der Waals surface area contributed by atoms with Crippen LogP contribution in [0.25, 0.3) is 0 Å². The topological polar surface area (TPSA) is 108 Å². The summed E-state index contributed by atoms with van der Waals surface area (Å²) in [7, 11) is 0. The molecule has 0 bridgehead atoms. The van der Waals surface area contributed by atoms with Gasteiger partial charge in [-0.1, -0.05) is 18.0 Å². The summed E-state index contributed by atoms with van der Waals surface area (Å²) in [4.78, 5) is 22.7. The zero-order valence-corrected chi connectivity index (χ0v) is 21.6. The van der Waals surface area contributed by atoms with Crippen LogP contribution in [0.1, 0.15) is 46.0 Å². The minimum atomic E-state index is -0.573. The molecule has 1 aliphatic carbocycles. The summed E-state index contributed by atoms with van der Waals surface area (Å²) in [6.45, 7) is 6.54. The summed E-state index contributed by atoms with van der Waals surface area (Å²) < 4.78 is 25.9. The number of aromatic nitrogens is 2. The fraction of sp³-hybridized carbons (Fsp3) is 0.560. The van der Waals surface area contributed by atoms with Crippen LogP contribution in [0.15, 0.2) is 24.4 Å². The van der Waals surface area contributed by atoms with E-state index in [1.807, 2.05) is 13.8 Å². The molecule has 36 heavy (non-hydrogen) atoms.